The Morgan fingerprint density at radius 3 is 2.50 bits per heavy atom. The second kappa shape index (κ2) is 7.20. The van der Waals surface area contributed by atoms with Crippen molar-refractivity contribution in [1.82, 2.24) is 14.3 Å². The molecule has 5 nitrogen and oxygen atoms in total. The van der Waals surface area contributed by atoms with Crippen LogP contribution >= 0.6 is 0 Å². The van der Waals surface area contributed by atoms with Crippen LogP contribution in [0.1, 0.15) is 53.4 Å². The highest BCUT2D eigenvalue weighted by molar-refractivity contribution is 7.87. The van der Waals surface area contributed by atoms with E-state index in [4.69, 9.17) is 0 Å². The van der Waals surface area contributed by atoms with Crippen LogP contribution in [-0.2, 0) is 10.2 Å². The molecule has 1 saturated carbocycles. The third-order valence-electron chi connectivity index (χ3n) is 4.16. The van der Waals surface area contributed by atoms with E-state index in [-0.39, 0.29) is 11.5 Å². The van der Waals surface area contributed by atoms with E-state index in [1.807, 2.05) is 0 Å². The molecule has 1 unspecified atom stereocenters. The molecule has 0 aromatic carbocycles. The van der Waals surface area contributed by atoms with Gasteiger partial charge < -0.3 is 5.32 Å². The Kier molecular flexibility index (Phi) is 6.44. The molecule has 0 saturated heterocycles. The van der Waals surface area contributed by atoms with Gasteiger partial charge in [-0.3, -0.25) is 0 Å². The summed E-state index contributed by atoms with van der Waals surface area (Å²) < 4.78 is 28.9. The maximum Gasteiger partial charge on any atom is 0.279 e. The summed E-state index contributed by atoms with van der Waals surface area (Å²) in [5.74, 6) is 0. The van der Waals surface area contributed by atoms with E-state index in [9.17, 15) is 8.42 Å². The fraction of sp³-hybridized carbons (Fsp3) is 1.00. The third kappa shape index (κ3) is 5.31. The van der Waals surface area contributed by atoms with Crippen molar-refractivity contribution >= 4 is 10.2 Å². The molecule has 0 spiro atoms. The normalized spacial score (nSPS) is 22.9. The van der Waals surface area contributed by atoms with Crippen molar-refractivity contribution in [2.24, 2.45) is 5.41 Å². The van der Waals surface area contributed by atoms with Gasteiger partial charge in [0, 0.05) is 25.7 Å². The molecule has 1 rings (SSSR count). The molecule has 6 heteroatoms. The topological polar surface area (TPSA) is 61.4 Å². The first kappa shape index (κ1) is 17.9. The molecular weight excluding hydrogens is 274 g/mol. The summed E-state index contributed by atoms with van der Waals surface area (Å²) in [6.45, 7) is 9.84. The summed E-state index contributed by atoms with van der Waals surface area (Å²) in [5, 5.41) is 3.30. The van der Waals surface area contributed by atoms with Crippen LogP contribution in [0.2, 0.25) is 0 Å². The van der Waals surface area contributed by atoms with Gasteiger partial charge in [0.05, 0.1) is 0 Å². The Balaban J connectivity index is 2.43. The number of hydrogen-bond acceptors (Lipinski definition) is 3. The molecule has 1 aliphatic rings. The monoisotopic (exact) mass is 305 g/mol. The molecule has 1 aliphatic carbocycles. The van der Waals surface area contributed by atoms with Crippen LogP contribution in [0.15, 0.2) is 0 Å². The van der Waals surface area contributed by atoms with Gasteiger partial charge >= 0.3 is 0 Å². The van der Waals surface area contributed by atoms with Gasteiger partial charge in [-0.05, 0) is 31.2 Å². The fourth-order valence-electron chi connectivity index (χ4n) is 2.63. The number of rotatable bonds is 8. The van der Waals surface area contributed by atoms with Crippen molar-refractivity contribution < 1.29 is 8.42 Å². The first-order valence-electron chi connectivity index (χ1n) is 7.62. The minimum atomic E-state index is -3.36. The Morgan fingerprint density at radius 2 is 2.00 bits per heavy atom. The van der Waals surface area contributed by atoms with Crippen LogP contribution in [0.4, 0.5) is 0 Å². The van der Waals surface area contributed by atoms with Gasteiger partial charge in [-0.25, -0.2) is 0 Å². The first-order valence-corrected chi connectivity index (χ1v) is 9.06. The van der Waals surface area contributed by atoms with Crippen molar-refractivity contribution in [2.45, 2.75) is 65.5 Å². The SMILES string of the molecule is CC(C)NCCCN(C)S(=O)(=O)NC1CCCC1(C)C. The molecule has 0 aromatic heterocycles. The van der Waals surface area contributed by atoms with E-state index in [1.54, 1.807) is 7.05 Å². The van der Waals surface area contributed by atoms with Crippen LogP contribution in [0.5, 0.6) is 0 Å². The fourth-order valence-corrected chi connectivity index (χ4v) is 3.97. The van der Waals surface area contributed by atoms with E-state index in [1.165, 1.54) is 4.31 Å². The van der Waals surface area contributed by atoms with Crippen LogP contribution in [-0.4, -0.2) is 44.9 Å². The zero-order valence-corrected chi connectivity index (χ0v) is 14.4. The van der Waals surface area contributed by atoms with E-state index in [0.29, 0.717) is 12.6 Å². The lowest BCUT2D eigenvalue weighted by atomic mass is 9.88. The van der Waals surface area contributed by atoms with Gasteiger partial charge in [0.1, 0.15) is 0 Å². The van der Waals surface area contributed by atoms with Crippen molar-refractivity contribution in [3.05, 3.63) is 0 Å². The summed E-state index contributed by atoms with van der Waals surface area (Å²) in [6.07, 6.45) is 3.95. The molecule has 0 heterocycles. The molecule has 0 bridgehead atoms. The molecular formula is C14H31N3O2S. The minimum Gasteiger partial charge on any atom is -0.314 e. The summed E-state index contributed by atoms with van der Waals surface area (Å²) in [5.41, 5.74) is 0.0626. The maximum absolute atomic E-state index is 12.3. The van der Waals surface area contributed by atoms with Crippen molar-refractivity contribution in [1.29, 1.82) is 0 Å². The van der Waals surface area contributed by atoms with Crippen LogP contribution in [0.3, 0.4) is 0 Å². The number of hydrogen-bond donors (Lipinski definition) is 2. The third-order valence-corrected chi connectivity index (χ3v) is 5.75. The van der Waals surface area contributed by atoms with Crippen LogP contribution < -0.4 is 10.0 Å². The van der Waals surface area contributed by atoms with E-state index in [2.05, 4.69) is 37.7 Å². The standard InChI is InChI=1S/C14H31N3O2S/c1-12(2)15-10-7-11-17(5)20(18,19)16-13-8-6-9-14(13,3)4/h12-13,15-16H,6-11H2,1-5H3. The zero-order chi connectivity index (χ0) is 15.4. The average Bonchev–Trinajstić information content (AvgIpc) is 2.63. The molecule has 20 heavy (non-hydrogen) atoms. The highest BCUT2D eigenvalue weighted by atomic mass is 32.2. The molecule has 0 amide bonds. The lowest BCUT2D eigenvalue weighted by molar-refractivity contribution is 0.306. The smallest absolute Gasteiger partial charge is 0.279 e. The minimum absolute atomic E-state index is 0.0590. The quantitative estimate of drug-likeness (QED) is 0.671. The second-order valence-corrected chi connectivity index (χ2v) is 8.65. The zero-order valence-electron chi connectivity index (χ0n) is 13.6. The summed E-state index contributed by atoms with van der Waals surface area (Å²) in [6, 6.07) is 0.498. The summed E-state index contributed by atoms with van der Waals surface area (Å²) >= 11 is 0. The Morgan fingerprint density at radius 1 is 1.35 bits per heavy atom. The van der Waals surface area contributed by atoms with Gasteiger partial charge in [-0.1, -0.05) is 34.1 Å². The van der Waals surface area contributed by atoms with Crippen LogP contribution in [0, 0.1) is 5.41 Å². The van der Waals surface area contributed by atoms with E-state index >= 15 is 0 Å². The Bertz CT molecular complexity index is 393. The molecule has 120 valence electrons. The van der Waals surface area contributed by atoms with Crippen molar-refractivity contribution in [3.63, 3.8) is 0 Å². The second-order valence-electron chi connectivity index (χ2n) is 6.84. The predicted molar refractivity (Wildman–Crippen MR) is 83.9 cm³/mol. The Hall–Kier alpha value is -0.170. The van der Waals surface area contributed by atoms with E-state index in [0.717, 1.165) is 32.2 Å². The highest BCUT2D eigenvalue weighted by Crippen LogP contribution is 2.37. The maximum atomic E-state index is 12.3. The first-order chi connectivity index (χ1) is 9.15. The molecule has 1 fully saturated rings. The van der Waals surface area contributed by atoms with Crippen LogP contribution in [0.25, 0.3) is 0 Å². The average molecular weight is 305 g/mol. The lowest BCUT2D eigenvalue weighted by Gasteiger charge is -2.29. The molecule has 0 aromatic rings. The summed E-state index contributed by atoms with van der Waals surface area (Å²) in [4.78, 5) is 0. The predicted octanol–water partition coefficient (Wildman–Crippen LogP) is 1.72. The number of nitrogens with one attached hydrogen (secondary N) is 2. The molecule has 0 aliphatic heterocycles. The largest absolute Gasteiger partial charge is 0.314 e. The molecule has 1 atom stereocenters. The van der Waals surface area contributed by atoms with Crippen molar-refractivity contribution in [3.8, 4) is 0 Å². The van der Waals surface area contributed by atoms with Gasteiger partial charge in [0.2, 0.25) is 0 Å². The lowest BCUT2D eigenvalue weighted by Crippen LogP contribution is -2.47. The van der Waals surface area contributed by atoms with Gasteiger partial charge in [0.15, 0.2) is 0 Å². The van der Waals surface area contributed by atoms with Crippen molar-refractivity contribution in [2.75, 3.05) is 20.1 Å². The van der Waals surface area contributed by atoms with Gasteiger partial charge in [-0.15, -0.1) is 0 Å². The van der Waals surface area contributed by atoms with Gasteiger partial charge in [-0.2, -0.15) is 17.4 Å². The highest BCUT2D eigenvalue weighted by Gasteiger charge is 2.37. The molecule has 0 radical (unpaired) electrons. The number of nitrogens with zero attached hydrogens (tertiary/aromatic N) is 1. The molecule has 2 N–H and O–H groups in total. The van der Waals surface area contributed by atoms with E-state index < -0.39 is 10.2 Å². The Labute approximate surface area is 124 Å². The van der Waals surface area contributed by atoms with Gasteiger partial charge in [0.25, 0.3) is 10.2 Å². The summed E-state index contributed by atoms with van der Waals surface area (Å²) in [7, 11) is -1.71.